The lowest BCUT2D eigenvalue weighted by Crippen LogP contribution is -2.00. The molecule has 0 fully saturated rings. The van der Waals surface area contributed by atoms with E-state index in [1.807, 2.05) is 18.2 Å². The van der Waals surface area contributed by atoms with Crippen molar-refractivity contribution in [3.8, 4) is 0 Å². The highest BCUT2D eigenvalue weighted by Gasteiger charge is 1.95. The fraction of sp³-hybridized carbons (Fsp3) is 0.200. The van der Waals surface area contributed by atoms with Crippen LogP contribution in [0.2, 0.25) is 0 Å². The van der Waals surface area contributed by atoms with Crippen molar-refractivity contribution in [2.75, 3.05) is 0 Å². The van der Waals surface area contributed by atoms with Crippen molar-refractivity contribution in [3.63, 3.8) is 0 Å². The highest BCUT2D eigenvalue weighted by atomic mass is 79.9. The maximum absolute atomic E-state index is 5.55. The van der Waals surface area contributed by atoms with Crippen molar-refractivity contribution in [1.29, 1.82) is 0 Å². The molecule has 1 aromatic rings. The first-order valence-corrected chi connectivity index (χ1v) is 3.76. The summed E-state index contributed by atoms with van der Waals surface area (Å²) in [5.41, 5.74) is 8.04. The van der Waals surface area contributed by atoms with E-state index in [4.69, 9.17) is 5.73 Å². The van der Waals surface area contributed by atoms with Crippen molar-refractivity contribution in [2.24, 2.45) is 5.73 Å². The summed E-state index contributed by atoms with van der Waals surface area (Å²) in [7, 11) is 0. The molecular formula is C10H14BrN. The van der Waals surface area contributed by atoms with Gasteiger partial charge < -0.3 is 5.73 Å². The molecule has 1 rings (SSSR count). The van der Waals surface area contributed by atoms with Gasteiger partial charge in [-0.1, -0.05) is 30.3 Å². The summed E-state index contributed by atoms with van der Waals surface area (Å²) in [4.78, 5) is 0. The van der Waals surface area contributed by atoms with Gasteiger partial charge in [0.1, 0.15) is 0 Å². The molecule has 0 saturated carbocycles. The first-order valence-electron chi connectivity index (χ1n) is 3.76. The third kappa shape index (κ3) is 2.80. The highest BCUT2D eigenvalue weighted by molar-refractivity contribution is 8.93. The summed E-state index contributed by atoms with van der Waals surface area (Å²) in [5, 5.41) is 0. The van der Waals surface area contributed by atoms with Crippen LogP contribution in [0.5, 0.6) is 0 Å². The van der Waals surface area contributed by atoms with Crippen LogP contribution in [0.1, 0.15) is 11.1 Å². The Morgan fingerprint density at radius 3 is 2.33 bits per heavy atom. The second kappa shape index (κ2) is 5.98. The number of benzene rings is 1. The zero-order valence-electron chi connectivity index (χ0n) is 6.99. The Bertz CT molecular complexity index is 245. The third-order valence-electron chi connectivity index (χ3n) is 1.70. The molecule has 66 valence electrons. The molecule has 0 atom stereocenters. The molecule has 12 heavy (non-hydrogen) atoms. The summed E-state index contributed by atoms with van der Waals surface area (Å²) in [6, 6.07) is 8.18. The fourth-order valence-corrected chi connectivity index (χ4v) is 1.11. The molecule has 0 bridgehead atoms. The maximum Gasteiger partial charge on any atom is 0.0180 e. The van der Waals surface area contributed by atoms with Crippen LogP contribution in [-0.2, 0) is 13.0 Å². The fourth-order valence-electron chi connectivity index (χ4n) is 1.11. The lowest BCUT2D eigenvalue weighted by molar-refractivity contribution is 1.03. The van der Waals surface area contributed by atoms with Gasteiger partial charge in [0, 0.05) is 6.54 Å². The van der Waals surface area contributed by atoms with Crippen LogP contribution >= 0.6 is 17.0 Å². The maximum atomic E-state index is 5.55. The van der Waals surface area contributed by atoms with E-state index in [0.29, 0.717) is 6.54 Å². The molecule has 2 heteroatoms. The van der Waals surface area contributed by atoms with Gasteiger partial charge in [0.25, 0.3) is 0 Å². The second-order valence-corrected chi connectivity index (χ2v) is 2.47. The van der Waals surface area contributed by atoms with Crippen LogP contribution in [0, 0.1) is 0 Å². The minimum absolute atomic E-state index is 0. The molecule has 0 saturated heterocycles. The quantitative estimate of drug-likeness (QED) is 0.790. The van der Waals surface area contributed by atoms with E-state index >= 15 is 0 Å². The van der Waals surface area contributed by atoms with Crippen LogP contribution < -0.4 is 5.73 Å². The monoisotopic (exact) mass is 227 g/mol. The Morgan fingerprint density at radius 1 is 1.25 bits per heavy atom. The van der Waals surface area contributed by atoms with E-state index in [-0.39, 0.29) is 17.0 Å². The molecule has 0 spiro atoms. The minimum Gasteiger partial charge on any atom is -0.326 e. The smallest absolute Gasteiger partial charge is 0.0180 e. The van der Waals surface area contributed by atoms with Crippen molar-refractivity contribution in [1.82, 2.24) is 0 Å². The SMILES string of the molecule is Br.C=CCc1ccccc1CN. The number of halogens is 1. The Kier molecular flexibility index (Phi) is 5.68. The van der Waals surface area contributed by atoms with Crippen LogP contribution in [0.3, 0.4) is 0 Å². The molecule has 0 aromatic heterocycles. The van der Waals surface area contributed by atoms with Gasteiger partial charge in [-0.15, -0.1) is 23.6 Å². The van der Waals surface area contributed by atoms with E-state index in [1.54, 1.807) is 0 Å². The number of rotatable bonds is 3. The number of hydrogen-bond acceptors (Lipinski definition) is 1. The Hall–Kier alpha value is -0.600. The van der Waals surface area contributed by atoms with Crippen LogP contribution in [-0.4, -0.2) is 0 Å². The predicted molar refractivity (Wildman–Crippen MR) is 58.6 cm³/mol. The van der Waals surface area contributed by atoms with Crippen molar-refractivity contribution in [2.45, 2.75) is 13.0 Å². The van der Waals surface area contributed by atoms with Crippen molar-refractivity contribution in [3.05, 3.63) is 48.0 Å². The number of allylic oxidation sites excluding steroid dienone is 1. The van der Waals surface area contributed by atoms with Crippen molar-refractivity contribution >= 4 is 17.0 Å². The molecule has 1 aromatic carbocycles. The van der Waals surface area contributed by atoms with Gasteiger partial charge in [0.2, 0.25) is 0 Å². The van der Waals surface area contributed by atoms with E-state index < -0.39 is 0 Å². The second-order valence-electron chi connectivity index (χ2n) is 2.47. The average Bonchev–Trinajstić information content (AvgIpc) is 2.06. The van der Waals surface area contributed by atoms with Crippen LogP contribution in [0.15, 0.2) is 36.9 Å². The average molecular weight is 228 g/mol. The minimum atomic E-state index is 0. The van der Waals surface area contributed by atoms with Gasteiger partial charge in [0.15, 0.2) is 0 Å². The normalized spacial score (nSPS) is 8.75. The summed E-state index contributed by atoms with van der Waals surface area (Å²) in [6.45, 7) is 4.31. The molecule has 0 aliphatic heterocycles. The first-order chi connectivity index (χ1) is 5.38. The molecule has 0 radical (unpaired) electrons. The van der Waals surface area contributed by atoms with Gasteiger partial charge in [-0.05, 0) is 17.5 Å². The summed E-state index contributed by atoms with van der Waals surface area (Å²) in [5.74, 6) is 0. The first kappa shape index (κ1) is 11.4. The molecule has 0 aliphatic carbocycles. The van der Waals surface area contributed by atoms with Gasteiger partial charge in [0.05, 0.1) is 0 Å². The molecule has 0 aliphatic rings. The Morgan fingerprint density at radius 2 is 1.83 bits per heavy atom. The zero-order valence-corrected chi connectivity index (χ0v) is 8.71. The standard InChI is InChI=1S/C10H13N.BrH/c1-2-5-9-6-3-4-7-10(9)8-11;/h2-4,6-7H,1,5,8,11H2;1H. The number of hydrogen-bond donors (Lipinski definition) is 1. The Labute approximate surface area is 84.1 Å². The molecule has 1 nitrogen and oxygen atoms in total. The number of nitrogens with two attached hydrogens (primary N) is 1. The molecule has 0 unspecified atom stereocenters. The van der Waals surface area contributed by atoms with E-state index in [0.717, 1.165) is 6.42 Å². The van der Waals surface area contributed by atoms with E-state index in [1.165, 1.54) is 11.1 Å². The van der Waals surface area contributed by atoms with E-state index in [2.05, 4.69) is 18.7 Å². The van der Waals surface area contributed by atoms with Crippen LogP contribution in [0.25, 0.3) is 0 Å². The van der Waals surface area contributed by atoms with Gasteiger partial charge >= 0.3 is 0 Å². The third-order valence-corrected chi connectivity index (χ3v) is 1.70. The Balaban J connectivity index is 0.00000121. The molecule has 2 N–H and O–H groups in total. The van der Waals surface area contributed by atoms with Crippen molar-refractivity contribution < 1.29 is 0 Å². The van der Waals surface area contributed by atoms with Crippen LogP contribution in [0.4, 0.5) is 0 Å². The van der Waals surface area contributed by atoms with Gasteiger partial charge in [-0.25, -0.2) is 0 Å². The summed E-state index contributed by atoms with van der Waals surface area (Å²) >= 11 is 0. The summed E-state index contributed by atoms with van der Waals surface area (Å²) < 4.78 is 0. The zero-order chi connectivity index (χ0) is 8.10. The predicted octanol–water partition coefficient (Wildman–Crippen LogP) is 2.45. The van der Waals surface area contributed by atoms with Gasteiger partial charge in [-0.3, -0.25) is 0 Å². The topological polar surface area (TPSA) is 26.0 Å². The lowest BCUT2D eigenvalue weighted by Gasteiger charge is -2.03. The lowest BCUT2D eigenvalue weighted by atomic mass is 10.1. The largest absolute Gasteiger partial charge is 0.326 e. The molecule has 0 heterocycles. The molecule has 0 amide bonds. The molecular weight excluding hydrogens is 214 g/mol. The highest BCUT2D eigenvalue weighted by Crippen LogP contribution is 2.08. The van der Waals surface area contributed by atoms with E-state index in [9.17, 15) is 0 Å². The summed E-state index contributed by atoms with van der Waals surface area (Å²) in [6.07, 6.45) is 2.81. The van der Waals surface area contributed by atoms with Gasteiger partial charge in [-0.2, -0.15) is 0 Å².